The lowest BCUT2D eigenvalue weighted by atomic mass is 10.1. The van der Waals surface area contributed by atoms with Gasteiger partial charge in [0.25, 0.3) is 0 Å². The smallest absolute Gasteiger partial charge is 0.136 e. The highest BCUT2D eigenvalue weighted by molar-refractivity contribution is 7.09. The van der Waals surface area contributed by atoms with Crippen LogP contribution in [0, 0.1) is 0 Å². The molecule has 0 unspecified atom stereocenters. The second kappa shape index (κ2) is 6.35. The SMILES string of the molecule is CCNc1nc(Cc2cccs2)nc2c1CCCCC2. The Kier molecular flexibility index (Phi) is 4.31. The Balaban J connectivity index is 1.94. The van der Waals surface area contributed by atoms with E-state index in [9.17, 15) is 0 Å². The van der Waals surface area contributed by atoms with Crippen LogP contribution in [-0.2, 0) is 19.3 Å². The maximum absolute atomic E-state index is 4.85. The highest BCUT2D eigenvalue weighted by atomic mass is 32.1. The standard InChI is InChI=1S/C16H21N3S/c1-2-17-16-13-8-4-3-5-9-14(13)18-15(19-16)11-12-7-6-10-20-12/h6-7,10H,2-5,8-9,11H2,1H3,(H,17,18,19). The van der Waals surface area contributed by atoms with Crippen LogP contribution in [0.1, 0.15) is 48.1 Å². The second-order valence-electron chi connectivity index (χ2n) is 5.26. The molecule has 0 spiro atoms. The number of anilines is 1. The molecular formula is C16H21N3S. The lowest BCUT2D eigenvalue weighted by Crippen LogP contribution is -2.11. The first-order chi connectivity index (χ1) is 9.86. The zero-order valence-corrected chi connectivity index (χ0v) is 12.8. The van der Waals surface area contributed by atoms with Crippen LogP contribution in [0.4, 0.5) is 5.82 Å². The molecule has 2 aromatic heterocycles. The third kappa shape index (κ3) is 3.01. The van der Waals surface area contributed by atoms with E-state index in [1.165, 1.54) is 35.4 Å². The van der Waals surface area contributed by atoms with E-state index >= 15 is 0 Å². The predicted molar refractivity (Wildman–Crippen MR) is 84.6 cm³/mol. The van der Waals surface area contributed by atoms with Crippen LogP contribution in [0.2, 0.25) is 0 Å². The fourth-order valence-electron chi connectivity index (χ4n) is 2.78. The van der Waals surface area contributed by atoms with Crippen LogP contribution in [0.3, 0.4) is 0 Å². The van der Waals surface area contributed by atoms with E-state index < -0.39 is 0 Å². The molecule has 0 saturated heterocycles. The van der Waals surface area contributed by atoms with Crippen molar-refractivity contribution < 1.29 is 0 Å². The topological polar surface area (TPSA) is 37.8 Å². The van der Waals surface area contributed by atoms with Crippen molar-refractivity contribution in [2.24, 2.45) is 0 Å². The van der Waals surface area contributed by atoms with Crippen molar-refractivity contribution in [1.29, 1.82) is 0 Å². The quantitative estimate of drug-likeness (QED) is 0.868. The number of hydrogen-bond donors (Lipinski definition) is 1. The monoisotopic (exact) mass is 287 g/mol. The summed E-state index contributed by atoms with van der Waals surface area (Å²) in [6, 6.07) is 4.25. The van der Waals surface area contributed by atoms with E-state index in [2.05, 4.69) is 29.8 Å². The average Bonchev–Trinajstić information content (AvgIpc) is 2.83. The second-order valence-corrected chi connectivity index (χ2v) is 6.29. The summed E-state index contributed by atoms with van der Waals surface area (Å²) < 4.78 is 0. The first-order valence-corrected chi connectivity index (χ1v) is 8.39. The maximum atomic E-state index is 4.85. The molecule has 3 nitrogen and oxygen atoms in total. The third-order valence-electron chi connectivity index (χ3n) is 3.74. The minimum Gasteiger partial charge on any atom is -0.370 e. The first-order valence-electron chi connectivity index (χ1n) is 7.51. The van der Waals surface area contributed by atoms with Gasteiger partial charge in [0.15, 0.2) is 0 Å². The summed E-state index contributed by atoms with van der Waals surface area (Å²) in [5.41, 5.74) is 2.64. The van der Waals surface area contributed by atoms with Crippen LogP contribution in [0.25, 0.3) is 0 Å². The van der Waals surface area contributed by atoms with Crippen LogP contribution in [0.15, 0.2) is 17.5 Å². The molecule has 0 saturated carbocycles. The van der Waals surface area contributed by atoms with Crippen molar-refractivity contribution in [2.45, 2.75) is 45.4 Å². The Morgan fingerprint density at radius 1 is 1.20 bits per heavy atom. The molecule has 0 bridgehead atoms. The highest BCUT2D eigenvalue weighted by Gasteiger charge is 2.16. The van der Waals surface area contributed by atoms with E-state index in [1.54, 1.807) is 11.3 Å². The predicted octanol–water partition coefficient (Wildman–Crippen LogP) is 3.83. The van der Waals surface area contributed by atoms with E-state index in [4.69, 9.17) is 9.97 Å². The van der Waals surface area contributed by atoms with Gasteiger partial charge >= 0.3 is 0 Å². The van der Waals surface area contributed by atoms with Crippen LogP contribution < -0.4 is 5.32 Å². The number of nitrogens with one attached hydrogen (secondary N) is 1. The van der Waals surface area contributed by atoms with Gasteiger partial charge in [0.05, 0.1) is 0 Å². The van der Waals surface area contributed by atoms with E-state index in [-0.39, 0.29) is 0 Å². The molecule has 0 atom stereocenters. The number of rotatable bonds is 4. The van der Waals surface area contributed by atoms with E-state index in [1.807, 2.05) is 0 Å². The van der Waals surface area contributed by atoms with Gasteiger partial charge in [-0.3, -0.25) is 0 Å². The van der Waals surface area contributed by atoms with Gasteiger partial charge in [-0.2, -0.15) is 0 Å². The normalized spacial score (nSPS) is 14.7. The number of nitrogens with zero attached hydrogens (tertiary/aromatic N) is 2. The third-order valence-corrected chi connectivity index (χ3v) is 4.61. The summed E-state index contributed by atoms with van der Waals surface area (Å²) in [5, 5.41) is 5.55. The van der Waals surface area contributed by atoms with Crippen molar-refractivity contribution in [3.63, 3.8) is 0 Å². The molecule has 0 amide bonds. The Morgan fingerprint density at radius 3 is 2.90 bits per heavy atom. The Bertz CT molecular complexity index is 563. The Morgan fingerprint density at radius 2 is 2.10 bits per heavy atom. The number of fused-ring (bicyclic) bond motifs is 1. The van der Waals surface area contributed by atoms with Crippen molar-refractivity contribution in [3.8, 4) is 0 Å². The van der Waals surface area contributed by atoms with Gasteiger partial charge in [0.1, 0.15) is 11.6 Å². The highest BCUT2D eigenvalue weighted by Crippen LogP contribution is 2.25. The summed E-state index contributed by atoms with van der Waals surface area (Å²) >= 11 is 1.78. The molecule has 3 rings (SSSR count). The molecular weight excluding hydrogens is 266 g/mol. The summed E-state index contributed by atoms with van der Waals surface area (Å²) in [6.45, 7) is 3.05. The van der Waals surface area contributed by atoms with Crippen LogP contribution in [0.5, 0.6) is 0 Å². The van der Waals surface area contributed by atoms with Crippen molar-refractivity contribution in [2.75, 3.05) is 11.9 Å². The molecule has 1 aliphatic rings. The van der Waals surface area contributed by atoms with Crippen LogP contribution >= 0.6 is 11.3 Å². The van der Waals surface area contributed by atoms with Gasteiger partial charge in [-0.1, -0.05) is 12.5 Å². The zero-order chi connectivity index (χ0) is 13.8. The Labute approximate surface area is 124 Å². The van der Waals surface area contributed by atoms with Gasteiger partial charge in [0, 0.05) is 29.1 Å². The summed E-state index contributed by atoms with van der Waals surface area (Å²) in [4.78, 5) is 11.0. The summed E-state index contributed by atoms with van der Waals surface area (Å²) in [5.74, 6) is 2.04. The van der Waals surface area contributed by atoms with Crippen molar-refractivity contribution in [3.05, 3.63) is 39.5 Å². The molecule has 2 heterocycles. The van der Waals surface area contributed by atoms with Gasteiger partial charge in [0.2, 0.25) is 0 Å². The lowest BCUT2D eigenvalue weighted by molar-refractivity contribution is 0.708. The molecule has 2 aromatic rings. The molecule has 0 radical (unpaired) electrons. The maximum Gasteiger partial charge on any atom is 0.136 e. The molecule has 1 aliphatic carbocycles. The van der Waals surface area contributed by atoms with Crippen molar-refractivity contribution in [1.82, 2.24) is 9.97 Å². The van der Waals surface area contributed by atoms with E-state index in [0.717, 1.165) is 37.4 Å². The Hall–Kier alpha value is -1.42. The molecule has 20 heavy (non-hydrogen) atoms. The minimum absolute atomic E-state index is 0.851. The molecule has 106 valence electrons. The largest absolute Gasteiger partial charge is 0.370 e. The van der Waals surface area contributed by atoms with Gasteiger partial charge in [-0.15, -0.1) is 11.3 Å². The van der Waals surface area contributed by atoms with Gasteiger partial charge in [-0.05, 0) is 44.1 Å². The number of thiophene rings is 1. The molecule has 4 heteroatoms. The van der Waals surface area contributed by atoms with Crippen LogP contribution in [-0.4, -0.2) is 16.5 Å². The molecule has 1 N–H and O–H groups in total. The summed E-state index contributed by atoms with van der Waals surface area (Å²) in [7, 11) is 0. The van der Waals surface area contributed by atoms with Gasteiger partial charge < -0.3 is 5.32 Å². The zero-order valence-electron chi connectivity index (χ0n) is 12.0. The first kappa shape index (κ1) is 13.6. The summed E-state index contributed by atoms with van der Waals surface area (Å²) in [6.07, 6.45) is 6.91. The number of aryl methyl sites for hydroxylation is 1. The number of hydrogen-bond acceptors (Lipinski definition) is 4. The number of aromatic nitrogens is 2. The fourth-order valence-corrected chi connectivity index (χ4v) is 3.49. The minimum atomic E-state index is 0.851. The van der Waals surface area contributed by atoms with Gasteiger partial charge in [-0.25, -0.2) is 9.97 Å². The van der Waals surface area contributed by atoms with E-state index in [0.29, 0.717) is 0 Å². The fraction of sp³-hybridized carbons (Fsp3) is 0.500. The molecule has 0 aliphatic heterocycles. The molecule has 0 fully saturated rings. The molecule has 0 aromatic carbocycles. The van der Waals surface area contributed by atoms with Crippen molar-refractivity contribution >= 4 is 17.2 Å². The average molecular weight is 287 g/mol. The lowest BCUT2D eigenvalue weighted by Gasteiger charge is -2.13.